The number of nitrogens with zero attached hydrogens (tertiary/aromatic N) is 6. The Morgan fingerprint density at radius 3 is 2.59 bits per heavy atom. The van der Waals surface area contributed by atoms with Crippen LogP contribution in [-0.4, -0.2) is 39.3 Å². The fourth-order valence-corrected chi connectivity index (χ4v) is 3.63. The number of imidazole rings is 1. The molecule has 0 atom stereocenters. The van der Waals surface area contributed by atoms with Gasteiger partial charge >= 0.3 is 0 Å². The molecule has 2 aromatic heterocycles. The van der Waals surface area contributed by atoms with Crippen LogP contribution >= 0.6 is 11.6 Å². The van der Waals surface area contributed by atoms with E-state index in [1.807, 2.05) is 6.92 Å². The first-order valence-electron chi connectivity index (χ1n) is 9.33. The van der Waals surface area contributed by atoms with E-state index in [2.05, 4.69) is 31.6 Å². The lowest BCUT2D eigenvalue weighted by Crippen LogP contribution is -2.20. The van der Waals surface area contributed by atoms with Crippen LogP contribution in [0.2, 0.25) is 5.02 Å². The molecule has 1 saturated heterocycles. The molecule has 8 heteroatoms. The lowest BCUT2D eigenvalue weighted by molar-refractivity contribution is 0.617. The highest BCUT2D eigenvalue weighted by molar-refractivity contribution is 6.30. The molecule has 148 valence electrons. The van der Waals surface area contributed by atoms with Gasteiger partial charge in [0.25, 0.3) is 0 Å². The Morgan fingerprint density at radius 2 is 1.93 bits per heavy atom. The van der Waals surface area contributed by atoms with E-state index in [1.165, 1.54) is 6.07 Å². The molecule has 0 unspecified atom stereocenters. The van der Waals surface area contributed by atoms with Gasteiger partial charge in [0.1, 0.15) is 11.6 Å². The highest BCUT2D eigenvalue weighted by atomic mass is 35.5. The van der Waals surface area contributed by atoms with Crippen molar-refractivity contribution in [3.63, 3.8) is 0 Å². The molecule has 0 spiro atoms. The normalized spacial score (nSPS) is 14.1. The smallest absolute Gasteiger partial charge is 0.225 e. The Labute approximate surface area is 173 Å². The largest absolute Gasteiger partial charge is 0.341 e. The third kappa shape index (κ3) is 3.78. The van der Waals surface area contributed by atoms with Gasteiger partial charge in [-0.05, 0) is 50.8 Å². The number of halogens is 2. The zero-order chi connectivity index (χ0) is 20.4. The fraction of sp³-hybridized carbons (Fsp3) is 0.238. The fourth-order valence-electron chi connectivity index (χ4n) is 3.47. The summed E-state index contributed by atoms with van der Waals surface area (Å²) in [6.45, 7) is 7.25. The average Bonchev–Trinajstić information content (AvgIpc) is 3.36. The van der Waals surface area contributed by atoms with Gasteiger partial charge in [0.15, 0.2) is 0 Å². The van der Waals surface area contributed by atoms with Crippen LogP contribution in [0, 0.1) is 12.7 Å². The SMILES string of the molecule is C=N/C=C\c1nc(-c2cnc(N3CCCC3)nc2)n(-c2ccc(Cl)cc2F)c1C. The van der Waals surface area contributed by atoms with Crippen LogP contribution in [0.1, 0.15) is 24.2 Å². The molecule has 1 fully saturated rings. The summed E-state index contributed by atoms with van der Waals surface area (Å²) in [4.78, 5) is 19.6. The average molecular weight is 411 g/mol. The molecule has 1 aliphatic rings. The van der Waals surface area contributed by atoms with Crippen LogP contribution in [0.5, 0.6) is 0 Å². The van der Waals surface area contributed by atoms with E-state index >= 15 is 0 Å². The molecule has 6 nitrogen and oxygen atoms in total. The quantitative estimate of drug-likeness (QED) is 0.572. The minimum absolute atomic E-state index is 0.333. The van der Waals surface area contributed by atoms with Gasteiger partial charge in [-0.3, -0.25) is 9.56 Å². The summed E-state index contributed by atoms with van der Waals surface area (Å²) in [5.41, 5.74) is 2.45. The topological polar surface area (TPSA) is 59.2 Å². The minimum atomic E-state index is -0.439. The van der Waals surface area contributed by atoms with Gasteiger partial charge in [0.05, 0.1) is 16.9 Å². The van der Waals surface area contributed by atoms with Crippen LogP contribution in [0.15, 0.2) is 41.8 Å². The molecule has 0 amide bonds. The van der Waals surface area contributed by atoms with Gasteiger partial charge in [-0.25, -0.2) is 19.3 Å². The number of hydrogen-bond donors (Lipinski definition) is 0. The Hall–Kier alpha value is -3.06. The summed E-state index contributed by atoms with van der Waals surface area (Å²) in [6, 6.07) is 4.57. The Morgan fingerprint density at radius 1 is 1.21 bits per heavy atom. The number of aromatic nitrogens is 4. The third-order valence-corrected chi connectivity index (χ3v) is 5.15. The molecule has 29 heavy (non-hydrogen) atoms. The molecule has 3 aromatic rings. The summed E-state index contributed by atoms with van der Waals surface area (Å²) in [7, 11) is 0. The molecule has 1 aromatic carbocycles. The van der Waals surface area contributed by atoms with Gasteiger partial charge < -0.3 is 4.90 Å². The maximum Gasteiger partial charge on any atom is 0.225 e. The van der Waals surface area contributed by atoms with Gasteiger partial charge in [0.2, 0.25) is 5.95 Å². The van der Waals surface area contributed by atoms with E-state index in [9.17, 15) is 4.39 Å². The van der Waals surface area contributed by atoms with Gasteiger partial charge in [-0.2, -0.15) is 0 Å². The first kappa shape index (κ1) is 19.3. The van der Waals surface area contributed by atoms with Crippen molar-refractivity contribution >= 4 is 30.3 Å². The number of benzene rings is 1. The van der Waals surface area contributed by atoms with Crippen molar-refractivity contribution in [3.8, 4) is 17.1 Å². The van der Waals surface area contributed by atoms with Crippen molar-refractivity contribution in [3.05, 3.63) is 59.0 Å². The summed E-state index contributed by atoms with van der Waals surface area (Å²) >= 11 is 5.93. The molecule has 0 bridgehead atoms. The maximum atomic E-state index is 14.7. The number of anilines is 1. The van der Waals surface area contributed by atoms with Crippen molar-refractivity contribution in [2.24, 2.45) is 4.99 Å². The molecule has 0 N–H and O–H groups in total. The summed E-state index contributed by atoms with van der Waals surface area (Å²) in [5, 5.41) is 0.333. The molecule has 3 heterocycles. The van der Waals surface area contributed by atoms with Crippen LogP contribution < -0.4 is 4.90 Å². The van der Waals surface area contributed by atoms with Gasteiger partial charge in [-0.1, -0.05) is 11.6 Å². The monoisotopic (exact) mass is 410 g/mol. The molecular formula is C21H20ClFN6. The highest BCUT2D eigenvalue weighted by Crippen LogP contribution is 2.29. The van der Waals surface area contributed by atoms with Crippen LogP contribution in [0.25, 0.3) is 23.2 Å². The zero-order valence-corrected chi connectivity index (χ0v) is 16.8. The predicted molar refractivity (Wildman–Crippen MR) is 114 cm³/mol. The zero-order valence-electron chi connectivity index (χ0n) is 16.0. The second-order valence-corrected chi connectivity index (χ2v) is 7.24. The van der Waals surface area contributed by atoms with Crippen LogP contribution in [-0.2, 0) is 0 Å². The van der Waals surface area contributed by atoms with Crippen molar-refractivity contribution < 1.29 is 4.39 Å². The van der Waals surface area contributed by atoms with E-state index in [4.69, 9.17) is 11.6 Å². The second-order valence-electron chi connectivity index (χ2n) is 6.80. The maximum absolute atomic E-state index is 14.7. The van der Waals surface area contributed by atoms with Crippen molar-refractivity contribution in [1.29, 1.82) is 0 Å². The Balaban J connectivity index is 1.83. The van der Waals surface area contributed by atoms with Crippen molar-refractivity contribution in [2.45, 2.75) is 19.8 Å². The van der Waals surface area contributed by atoms with Gasteiger partial charge in [-0.15, -0.1) is 0 Å². The molecule has 4 rings (SSSR count). The van der Waals surface area contributed by atoms with Crippen molar-refractivity contribution in [2.75, 3.05) is 18.0 Å². The standard InChI is InChI=1S/C21H20ClFN6/c1-14-18(7-8-24-2)27-20(29(14)19-6-5-16(22)11-17(19)23)15-12-25-21(26-13-15)28-9-3-4-10-28/h5-8,11-13H,2-4,9-10H2,1H3/b8-7-. The minimum Gasteiger partial charge on any atom is -0.341 e. The highest BCUT2D eigenvalue weighted by Gasteiger charge is 2.20. The van der Waals surface area contributed by atoms with E-state index < -0.39 is 5.82 Å². The van der Waals surface area contributed by atoms with E-state index in [0.29, 0.717) is 33.7 Å². The van der Waals surface area contributed by atoms with Crippen molar-refractivity contribution in [1.82, 2.24) is 19.5 Å². The summed E-state index contributed by atoms with van der Waals surface area (Å²) < 4.78 is 16.5. The van der Waals surface area contributed by atoms with E-state index in [1.54, 1.807) is 41.4 Å². The van der Waals surface area contributed by atoms with Gasteiger partial charge in [0, 0.05) is 42.4 Å². The second kappa shape index (κ2) is 8.13. The first-order valence-corrected chi connectivity index (χ1v) is 9.71. The molecule has 0 saturated carbocycles. The molecule has 0 radical (unpaired) electrons. The molecule has 0 aliphatic carbocycles. The Kier molecular flexibility index (Phi) is 5.40. The first-order chi connectivity index (χ1) is 14.1. The number of rotatable bonds is 5. The van der Waals surface area contributed by atoms with Crippen LogP contribution in [0.4, 0.5) is 10.3 Å². The molecular weight excluding hydrogens is 391 g/mol. The summed E-state index contributed by atoms with van der Waals surface area (Å²) in [5.74, 6) is 0.807. The van der Waals surface area contributed by atoms with Crippen LogP contribution in [0.3, 0.4) is 0 Å². The Bertz CT molecular complexity index is 1070. The lowest BCUT2D eigenvalue weighted by Gasteiger charge is -2.15. The molecule has 1 aliphatic heterocycles. The lowest BCUT2D eigenvalue weighted by atomic mass is 10.2. The van der Waals surface area contributed by atoms with E-state index in [0.717, 1.165) is 31.6 Å². The summed E-state index contributed by atoms with van der Waals surface area (Å²) in [6.07, 6.45) is 9.04. The number of aliphatic imine (C=N–C) groups is 1. The predicted octanol–water partition coefficient (Wildman–Crippen LogP) is 4.70. The number of hydrogen-bond acceptors (Lipinski definition) is 5. The third-order valence-electron chi connectivity index (χ3n) is 4.92. The van der Waals surface area contributed by atoms with E-state index in [-0.39, 0.29) is 0 Å².